The molecular formula is C32H31FN2O3. The summed E-state index contributed by atoms with van der Waals surface area (Å²) in [6.45, 7) is 3.34. The third kappa shape index (κ3) is 5.01. The number of nitrogens with zero attached hydrogens (tertiary/aromatic N) is 1. The molecule has 6 rings (SSSR count). The molecule has 4 aromatic rings. The van der Waals surface area contributed by atoms with E-state index in [-0.39, 0.29) is 22.8 Å². The molecule has 2 aliphatic rings. The molecule has 1 amide bonds. The molecule has 5 nitrogen and oxygen atoms in total. The molecule has 1 fully saturated rings. The summed E-state index contributed by atoms with van der Waals surface area (Å²) in [7, 11) is 0. The summed E-state index contributed by atoms with van der Waals surface area (Å²) in [5.41, 5.74) is 5.18. The lowest BCUT2D eigenvalue weighted by atomic mass is 9.86. The topological polar surface area (TPSA) is 62.6 Å². The van der Waals surface area contributed by atoms with Gasteiger partial charge in [-0.25, -0.2) is 4.39 Å². The largest absolute Gasteiger partial charge is 0.463 e. The molecule has 0 radical (unpaired) electrons. The fourth-order valence-electron chi connectivity index (χ4n) is 5.86. The van der Waals surface area contributed by atoms with Crippen molar-refractivity contribution in [1.82, 2.24) is 10.2 Å². The highest BCUT2D eigenvalue weighted by Gasteiger charge is 2.23. The van der Waals surface area contributed by atoms with E-state index in [1.165, 1.54) is 73.5 Å². The van der Waals surface area contributed by atoms with Crippen LogP contribution < -0.4 is 10.7 Å². The maximum atomic E-state index is 13.7. The first-order valence-electron chi connectivity index (χ1n) is 13.5. The van der Waals surface area contributed by atoms with Gasteiger partial charge in [-0.1, -0.05) is 36.8 Å². The highest BCUT2D eigenvalue weighted by molar-refractivity contribution is 5.96. The number of likely N-dealkylation sites (tertiary alicyclic amines) is 1. The maximum Gasteiger partial charge on any atom is 0.251 e. The third-order valence-corrected chi connectivity index (χ3v) is 7.85. The molecule has 0 saturated carbocycles. The smallest absolute Gasteiger partial charge is 0.251 e. The van der Waals surface area contributed by atoms with Crippen LogP contribution >= 0.6 is 0 Å². The Hall–Kier alpha value is -3.77. The van der Waals surface area contributed by atoms with Crippen LogP contribution in [0.3, 0.4) is 0 Å². The fraction of sp³-hybridized carbons (Fsp3) is 0.312. The van der Waals surface area contributed by atoms with Crippen molar-refractivity contribution in [1.29, 1.82) is 0 Å². The molecule has 1 saturated heterocycles. The van der Waals surface area contributed by atoms with Crippen LogP contribution in [0, 0.1) is 5.82 Å². The summed E-state index contributed by atoms with van der Waals surface area (Å²) in [6, 6.07) is 17.5. The van der Waals surface area contributed by atoms with Crippen LogP contribution in [0.15, 0.2) is 76.1 Å². The van der Waals surface area contributed by atoms with Crippen LogP contribution in [-0.4, -0.2) is 23.9 Å². The lowest BCUT2D eigenvalue weighted by Crippen LogP contribution is -2.31. The molecule has 1 atom stereocenters. The molecule has 1 aromatic heterocycles. The van der Waals surface area contributed by atoms with Crippen molar-refractivity contribution in [3.05, 3.63) is 105 Å². The van der Waals surface area contributed by atoms with E-state index >= 15 is 0 Å². The number of amides is 1. The van der Waals surface area contributed by atoms with Crippen LogP contribution in [0.25, 0.3) is 22.1 Å². The standard InChI is InChI=1S/C32H31FN2O3/c33-25-11-13-30-27(18-25)31(36)28(20-38-30)23-6-4-8-24(17-23)32(37)34-29-9-5-7-22-16-21(10-12-26(22)29)19-35-14-2-1-3-15-35/h4,6,8,10-13,16-18,20,29H,1-3,5,7,9,14-15,19H2,(H,34,37)/t29-/m1/s1. The van der Waals surface area contributed by atoms with E-state index in [1.54, 1.807) is 24.3 Å². The third-order valence-electron chi connectivity index (χ3n) is 7.85. The van der Waals surface area contributed by atoms with Gasteiger partial charge in [-0.3, -0.25) is 14.5 Å². The first-order valence-corrected chi connectivity index (χ1v) is 13.5. The number of nitrogens with one attached hydrogen (secondary N) is 1. The monoisotopic (exact) mass is 510 g/mol. The van der Waals surface area contributed by atoms with Crippen molar-refractivity contribution in [3.8, 4) is 11.1 Å². The van der Waals surface area contributed by atoms with Crippen LogP contribution in [-0.2, 0) is 13.0 Å². The van der Waals surface area contributed by atoms with Crippen molar-refractivity contribution in [3.63, 3.8) is 0 Å². The zero-order chi connectivity index (χ0) is 26.1. The number of carbonyl (C=O) groups is 1. The number of benzene rings is 3. The van der Waals surface area contributed by atoms with Gasteiger partial charge in [0.05, 0.1) is 17.0 Å². The molecular weight excluding hydrogens is 479 g/mol. The number of hydrogen-bond acceptors (Lipinski definition) is 4. The van der Waals surface area contributed by atoms with E-state index in [0.29, 0.717) is 22.3 Å². The molecule has 0 bridgehead atoms. The first kappa shape index (κ1) is 24.6. The SMILES string of the molecule is O=C(N[C@@H]1CCCc2cc(CN3CCCCC3)ccc21)c1cccc(-c2coc3ccc(F)cc3c2=O)c1. The molecule has 38 heavy (non-hydrogen) atoms. The molecule has 1 N–H and O–H groups in total. The van der Waals surface area contributed by atoms with Gasteiger partial charge in [-0.05, 0) is 97.8 Å². The second-order valence-corrected chi connectivity index (χ2v) is 10.5. The van der Waals surface area contributed by atoms with Gasteiger partial charge < -0.3 is 9.73 Å². The molecule has 6 heteroatoms. The Balaban J connectivity index is 1.21. The van der Waals surface area contributed by atoms with Gasteiger partial charge in [-0.2, -0.15) is 0 Å². The second-order valence-electron chi connectivity index (χ2n) is 10.5. The summed E-state index contributed by atoms with van der Waals surface area (Å²) in [4.78, 5) is 28.9. The minimum Gasteiger partial charge on any atom is -0.463 e. The predicted octanol–water partition coefficient (Wildman–Crippen LogP) is 6.39. The molecule has 0 unspecified atom stereocenters. The zero-order valence-corrected chi connectivity index (χ0v) is 21.3. The lowest BCUT2D eigenvalue weighted by molar-refractivity contribution is 0.0932. The Morgan fingerprint density at radius 3 is 2.74 bits per heavy atom. The Morgan fingerprint density at radius 2 is 1.87 bits per heavy atom. The zero-order valence-electron chi connectivity index (χ0n) is 21.3. The van der Waals surface area contributed by atoms with Crippen molar-refractivity contribution < 1.29 is 13.6 Å². The Labute approximate surface area is 221 Å². The number of hydrogen-bond donors (Lipinski definition) is 1. The molecule has 1 aliphatic carbocycles. The van der Waals surface area contributed by atoms with Crippen molar-refractivity contribution in [2.45, 2.75) is 51.1 Å². The van der Waals surface area contributed by atoms with Gasteiger partial charge in [0.2, 0.25) is 5.43 Å². The van der Waals surface area contributed by atoms with Gasteiger partial charge in [0.1, 0.15) is 17.7 Å². The van der Waals surface area contributed by atoms with E-state index in [9.17, 15) is 14.0 Å². The highest BCUT2D eigenvalue weighted by Crippen LogP contribution is 2.31. The number of aryl methyl sites for hydroxylation is 1. The average molecular weight is 511 g/mol. The minimum atomic E-state index is -0.499. The lowest BCUT2D eigenvalue weighted by Gasteiger charge is -2.29. The number of carbonyl (C=O) groups excluding carboxylic acids is 1. The van der Waals surface area contributed by atoms with Crippen LogP contribution in [0.5, 0.6) is 0 Å². The van der Waals surface area contributed by atoms with E-state index < -0.39 is 5.82 Å². The molecule has 1 aliphatic heterocycles. The van der Waals surface area contributed by atoms with Gasteiger partial charge in [0, 0.05) is 12.1 Å². The molecule has 2 heterocycles. The van der Waals surface area contributed by atoms with Gasteiger partial charge in [0.15, 0.2) is 0 Å². The van der Waals surface area contributed by atoms with Crippen LogP contribution in [0.4, 0.5) is 4.39 Å². The second kappa shape index (κ2) is 10.5. The Kier molecular flexibility index (Phi) is 6.81. The highest BCUT2D eigenvalue weighted by atomic mass is 19.1. The number of fused-ring (bicyclic) bond motifs is 2. The van der Waals surface area contributed by atoms with E-state index in [1.807, 2.05) is 0 Å². The molecule has 3 aromatic carbocycles. The fourth-order valence-corrected chi connectivity index (χ4v) is 5.86. The van der Waals surface area contributed by atoms with Crippen molar-refractivity contribution >= 4 is 16.9 Å². The van der Waals surface area contributed by atoms with E-state index in [2.05, 4.69) is 28.4 Å². The van der Waals surface area contributed by atoms with Crippen molar-refractivity contribution in [2.75, 3.05) is 13.1 Å². The Morgan fingerprint density at radius 1 is 1.00 bits per heavy atom. The van der Waals surface area contributed by atoms with Crippen LogP contribution in [0.2, 0.25) is 0 Å². The first-order chi connectivity index (χ1) is 18.5. The average Bonchev–Trinajstić information content (AvgIpc) is 2.94. The molecule has 194 valence electrons. The number of piperidine rings is 1. The summed E-state index contributed by atoms with van der Waals surface area (Å²) >= 11 is 0. The molecule has 0 spiro atoms. The normalized spacial score (nSPS) is 17.8. The summed E-state index contributed by atoms with van der Waals surface area (Å²) in [5.74, 6) is -0.681. The Bertz CT molecular complexity index is 1550. The van der Waals surface area contributed by atoms with Gasteiger partial charge in [-0.15, -0.1) is 0 Å². The maximum absolute atomic E-state index is 13.7. The van der Waals surface area contributed by atoms with Gasteiger partial charge in [0.25, 0.3) is 5.91 Å². The van der Waals surface area contributed by atoms with E-state index in [0.717, 1.165) is 25.8 Å². The van der Waals surface area contributed by atoms with Crippen LogP contribution in [0.1, 0.15) is 65.2 Å². The quantitative estimate of drug-likeness (QED) is 0.338. The number of halogens is 1. The summed E-state index contributed by atoms with van der Waals surface area (Å²) in [6.07, 6.45) is 8.22. The van der Waals surface area contributed by atoms with Gasteiger partial charge >= 0.3 is 0 Å². The predicted molar refractivity (Wildman–Crippen MR) is 147 cm³/mol. The summed E-state index contributed by atoms with van der Waals surface area (Å²) in [5, 5.41) is 3.40. The van der Waals surface area contributed by atoms with Crippen molar-refractivity contribution in [2.24, 2.45) is 0 Å². The van der Waals surface area contributed by atoms with E-state index in [4.69, 9.17) is 4.42 Å². The number of rotatable bonds is 5. The summed E-state index contributed by atoms with van der Waals surface area (Å²) < 4.78 is 19.3. The minimum absolute atomic E-state index is 0.0485.